The molecule has 1 unspecified atom stereocenters. The van der Waals surface area contributed by atoms with Crippen molar-refractivity contribution in [2.45, 2.75) is 30.9 Å². The smallest absolute Gasteiger partial charge is 0.293 e. The third-order valence-electron chi connectivity index (χ3n) is 3.28. The van der Waals surface area contributed by atoms with Gasteiger partial charge in [0, 0.05) is 27.6 Å². The Balaban J connectivity index is 0.00000180. The fraction of sp³-hybridized carbons (Fsp3) is 0.500. The molecule has 1 aliphatic heterocycles. The second-order valence-corrected chi connectivity index (χ2v) is 6.08. The summed E-state index contributed by atoms with van der Waals surface area (Å²) < 4.78 is 30.9. The summed E-state index contributed by atoms with van der Waals surface area (Å²) in [5.74, 6) is 0. The van der Waals surface area contributed by atoms with Crippen LogP contribution in [-0.4, -0.2) is 41.0 Å². The van der Waals surface area contributed by atoms with E-state index >= 15 is 0 Å². The number of rotatable bonds is 4. The summed E-state index contributed by atoms with van der Waals surface area (Å²) in [6, 6.07) is 9.13. The number of benzene rings is 1. The zero-order valence-electron chi connectivity index (χ0n) is 10.3. The van der Waals surface area contributed by atoms with Gasteiger partial charge < -0.3 is 5.11 Å². The fourth-order valence-corrected chi connectivity index (χ4v) is 3.09. The summed E-state index contributed by atoms with van der Waals surface area (Å²) in [6.07, 6.45) is 1.40. The van der Waals surface area contributed by atoms with Crippen molar-refractivity contribution in [2.75, 3.05) is 6.54 Å². The third-order valence-corrected chi connectivity index (χ3v) is 4.20. The van der Waals surface area contributed by atoms with Gasteiger partial charge in [-0.1, -0.05) is 30.3 Å². The summed E-state index contributed by atoms with van der Waals surface area (Å²) >= 11 is 0. The van der Waals surface area contributed by atoms with Gasteiger partial charge in [-0.05, 0) is 24.9 Å². The molecule has 2 rings (SSSR count). The number of hydrogen-bond donors (Lipinski definition) is 2. The summed E-state index contributed by atoms with van der Waals surface area (Å²) in [4.78, 5) is 1.90. The van der Waals surface area contributed by atoms with Gasteiger partial charge in [0.15, 0.2) is 5.44 Å². The summed E-state index contributed by atoms with van der Waals surface area (Å²) in [5.41, 5.74) is -0.657. The van der Waals surface area contributed by atoms with Gasteiger partial charge in [0.05, 0.1) is 6.04 Å². The molecule has 1 fully saturated rings. The Labute approximate surface area is 127 Å². The van der Waals surface area contributed by atoms with Gasteiger partial charge in [-0.2, -0.15) is 8.42 Å². The summed E-state index contributed by atoms with van der Waals surface area (Å²) in [5, 5.41) is 9.65. The zero-order valence-corrected chi connectivity index (χ0v) is 14.1. The average Bonchev–Trinajstić information content (AvgIpc) is 2.76. The van der Waals surface area contributed by atoms with E-state index in [1.54, 1.807) is 0 Å². The Bertz CT molecular complexity index is 494. The number of likely N-dealkylation sites (tertiary alicyclic amines) is 1. The quantitative estimate of drug-likeness (QED) is 0.659. The standard InChI is InChI=1S/C12H17NO4S.W/c14-12(18(15,16)17)11-7-4-8-13(11)9-10-5-2-1-3-6-10;/h1-3,5-6,11-12,14H,4,7-9H2,(H,15,16,17);/t11-,12?;/m0./s1. The SMILES string of the molecule is O=S(=O)(O)C(O)[C@@H]1CCCN1Cc1ccccc1.[W]. The van der Waals surface area contributed by atoms with E-state index < -0.39 is 21.6 Å². The average molecular weight is 455 g/mol. The molecule has 5 nitrogen and oxygen atoms in total. The molecule has 106 valence electrons. The molecule has 0 radical (unpaired) electrons. The van der Waals surface area contributed by atoms with E-state index in [1.807, 2.05) is 35.2 Å². The van der Waals surface area contributed by atoms with Crippen molar-refractivity contribution in [3.8, 4) is 0 Å². The second kappa shape index (κ2) is 6.95. The predicted molar refractivity (Wildman–Crippen MR) is 67.4 cm³/mol. The fourth-order valence-electron chi connectivity index (χ4n) is 2.39. The maximum absolute atomic E-state index is 11.0. The van der Waals surface area contributed by atoms with E-state index in [1.165, 1.54) is 0 Å². The molecule has 1 aromatic carbocycles. The van der Waals surface area contributed by atoms with E-state index in [-0.39, 0.29) is 21.1 Å². The van der Waals surface area contributed by atoms with Crippen molar-refractivity contribution in [3.63, 3.8) is 0 Å². The van der Waals surface area contributed by atoms with Gasteiger partial charge in [-0.3, -0.25) is 9.45 Å². The Hall–Kier alpha value is -0.262. The van der Waals surface area contributed by atoms with Crippen LogP contribution in [0, 0.1) is 0 Å². The number of aliphatic hydroxyl groups excluding tert-OH is 1. The Morgan fingerprint density at radius 1 is 1.32 bits per heavy atom. The predicted octanol–water partition coefficient (Wildman–Crippen LogP) is 0.855. The van der Waals surface area contributed by atoms with Crippen LogP contribution in [0.2, 0.25) is 0 Å². The van der Waals surface area contributed by atoms with Crippen LogP contribution in [0.25, 0.3) is 0 Å². The minimum atomic E-state index is -4.40. The molecule has 7 heteroatoms. The monoisotopic (exact) mass is 455 g/mol. The summed E-state index contributed by atoms with van der Waals surface area (Å²) in [7, 11) is -4.40. The van der Waals surface area contributed by atoms with E-state index in [0.29, 0.717) is 13.0 Å². The van der Waals surface area contributed by atoms with Gasteiger partial charge in [0.1, 0.15) is 0 Å². The maximum atomic E-state index is 11.0. The van der Waals surface area contributed by atoms with Crippen LogP contribution in [0.5, 0.6) is 0 Å². The van der Waals surface area contributed by atoms with Crippen LogP contribution < -0.4 is 0 Å². The first-order valence-corrected chi connectivity index (χ1v) is 7.41. The number of nitrogens with zero attached hydrogens (tertiary/aromatic N) is 1. The first-order valence-electron chi connectivity index (χ1n) is 5.91. The van der Waals surface area contributed by atoms with Gasteiger partial charge in [-0.15, -0.1) is 0 Å². The van der Waals surface area contributed by atoms with E-state index in [4.69, 9.17) is 4.55 Å². The van der Waals surface area contributed by atoms with Crippen molar-refractivity contribution >= 4 is 10.1 Å². The molecule has 1 aromatic rings. The number of aliphatic hydroxyl groups is 1. The molecular weight excluding hydrogens is 438 g/mol. The largest absolute Gasteiger partial charge is 0.374 e. The van der Waals surface area contributed by atoms with E-state index in [9.17, 15) is 13.5 Å². The first-order chi connectivity index (χ1) is 8.48. The summed E-state index contributed by atoms with van der Waals surface area (Å²) in [6.45, 7) is 1.31. The zero-order chi connectivity index (χ0) is 13.2. The van der Waals surface area contributed by atoms with Crippen molar-refractivity contribution in [3.05, 3.63) is 35.9 Å². The second-order valence-electron chi connectivity index (χ2n) is 4.57. The van der Waals surface area contributed by atoms with Crippen LogP contribution in [0.1, 0.15) is 18.4 Å². The Morgan fingerprint density at radius 2 is 1.95 bits per heavy atom. The third kappa shape index (κ3) is 4.36. The molecule has 2 atom stereocenters. The molecule has 1 heterocycles. The van der Waals surface area contributed by atoms with E-state index in [0.717, 1.165) is 18.5 Å². The van der Waals surface area contributed by atoms with Crippen LogP contribution in [0.3, 0.4) is 0 Å². The molecule has 0 spiro atoms. The van der Waals surface area contributed by atoms with Crippen LogP contribution >= 0.6 is 0 Å². The maximum Gasteiger partial charge on any atom is 0.293 e. The first kappa shape index (κ1) is 16.8. The normalized spacial score (nSPS) is 21.9. The van der Waals surface area contributed by atoms with Crippen molar-refractivity contribution in [1.29, 1.82) is 0 Å². The molecule has 0 bridgehead atoms. The molecule has 1 saturated heterocycles. The van der Waals surface area contributed by atoms with Crippen molar-refractivity contribution in [1.82, 2.24) is 4.90 Å². The molecule has 0 aliphatic carbocycles. The van der Waals surface area contributed by atoms with Gasteiger partial charge in [0.2, 0.25) is 0 Å². The topological polar surface area (TPSA) is 77.8 Å². The van der Waals surface area contributed by atoms with Gasteiger partial charge in [0.25, 0.3) is 10.1 Å². The van der Waals surface area contributed by atoms with Crippen molar-refractivity contribution < 1.29 is 39.1 Å². The van der Waals surface area contributed by atoms with E-state index in [2.05, 4.69) is 0 Å². The molecule has 1 aliphatic rings. The van der Waals surface area contributed by atoms with Crippen LogP contribution in [0.15, 0.2) is 30.3 Å². The molecule has 0 amide bonds. The Morgan fingerprint density at radius 3 is 2.53 bits per heavy atom. The molecule has 0 aromatic heterocycles. The Kier molecular flexibility index (Phi) is 6.14. The molecule has 19 heavy (non-hydrogen) atoms. The van der Waals surface area contributed by atoms with Crippen LogP contribution in [-0.2, 0) is 37.7 Å². The number of hydrogen-bond acceptors (Lipinski definition) is 4. The molecule has 0 saturated carbocycles. The molecular formula is C12H17NO4SW. The molecule has 2 N–H and O–H groups in total. The minimum absolute atomic E-state index is 0. The van der Waals surface area contributed by atoms with Gasteiger partial charge in [-0.25, -0.2) is 0 Å². The van der Waals surface area contributed by atoms with Gasteiger partial charge >= 0.3 is 0 Å². The minimum Gasteiger partial charge on any atom is -0.374 e. The van der Waals surface area contributed by atoms with Crippen LogP contribution in [0.4, 0.5) is 0 Å². The van der Waals surface area contributed by atoms with Crippen molar-refractivity contribution in [2.24, 2.45) is 0 Å².